The van der Waals surface area contributed by atoms with E-state index in [2.05, 4.69) is 32.9 Å². The van der Waals surface area contributed by atoms with E-state index in [1.54, 1.807) is 37.9 Å². The van der Waals surface area contributed by atoms with Crippen LogP contribution in [0.25, 0.3) is 16.6 Å². The fourth-order valence-corrected chi connectivity index (χ4v) is 3.98. The van der Waals surface area contributed by atoms with Gasteiger partial charge in [0.25, 0.3) is 5.91 Å². The molecule has 0 aliphatic heterocycles. The Bertz CT molecular complexity index is 1460. The van der Waals surface area contributed by atoms with E-state index in [-0.39, 0.29) is 23.6 Å². The van der Waals surface area contributed by atoms with Gasteiger partial charge in [0.2, 0.25) is 5.95 Å². The lowest BCUT2D eigenvalue weighted by Gasteiger charge is -2.25. The summed E-state index contributed by atoms with van der Waals surface area (Å²) in [5.41, 5.74) is 6.83. The third kappa shape index (κ3) is 5.81. The fraction of sp³-hybridized carbons (Fsp3) is 0.370. The van der Waals surface area contributed by atoms with Crippen molar-refractivity contribution in [2.45, 2.75) is 51.7 Å². The van der Waals surface area contributed by atoms with Crippen molar-refractivity contribution in [2.75, 3.05) is 19.9 Å². The number of aryl methyl sites for hydroxylation is 1. The normalized spacial score (nSPS) is 12.1. The smallest absolute Gasteiger partial charge is 0.272 e. The van der Waals surface area contributed by atoms with Crippen molar-refractivity contribution in [1.82, 2.24) is 29.5 Å². The van der Waals surface area contributed by atoms with E-state index in [0.29, 0.717) is 52.9 Å². The van der Waals surface area contributed by atoms with Crippen molar-refractivity contribution >= 4 is 28.4 Å². The number of ether oxygens (including phenoxy) is 1. The summed E-state index contributed by atoms with van der Waals surface area (Å²) in [6, 6.07) is 5.86. The first kappa shape index (κ1) is 28.3. The molecule has 11 heteroatoms. The number of halogens is 1. The molecule has 0 saturated heterocycles. The quantitative estimate of drug-likeness (QED) is 0.338. The fourth-order valence-electron chi connectivity index (χ4n) is 3.98. The van der Waals surface area contributed by atoms with Crippen LogP contribution in [-0.4, -0.2) is 60.7 Å². The highest BCUT2D eigenvalue weighted by Gasteiger charge is 2.22. The van der Waals surface area contributed by atoms with Crippen LogP contribution in [-0.2, 0) is 12.0 Å². The van der Waals surface area contributed by atoms with Gasteiger partial charge >= 0.3 is 0 Å². The zero-order chi connectivity index (χ0) is 28.2. The first-order chi connectivity index (χ1) is 18.0. The predicted octanol–water partition coefficient (Wildman–Crippen LogP) is 3.36. The van der Waals surface area contributed by atoms with Crippen LogP contribution in [0.3, 0.4) is 0 Å². The maximum atomic E-state index is 14.1. The van der Waals surface area contributed by atoms with E-state index >= 15 is 0 Å². The molecule has 0 bridgehead atoms. The summed E-state index contributed by atoms with van der Waals surface area (Å²) in [6.07, 6.45) is 11.5. The Morgan fingerprint density at radius 1 is 1.29 bits per heavy atom. The van der Waals surface area contributed by atoms with Gasteiger partial charge in [0.1, 0.15) is 22.8 Å². The summed E-state index contributed by atoms with van der Waals surface area (Å²) >= 11 is 0. The summed E-state index contributed by atoms with van der Waals surface area (Å²) in [5, 5.41) is 15.0. The first-order valence-electron chi connectivity index (χ1n) is 12.0. The minimum absolute atomic E-state index is 0.0591. The Balaban J connectivity index is 0.00000195. The van der Waals surface area contributed by atoms with Gasteiger partial charge in [-0.1, -0.05) is 6.07 Å². The minimum atomic E-state index is -1.02. The molecular formula is C27H32FN7O3. The van der Waals surface area contributed by atoms with Gasteiger partial charge in [0, 0.05) is 37.3 Å². The number of nitrogens with two attached hydrogens (primary N) is 1. The molecule has 4 aromatic rings. The van der Waals surface area contributed by atoms with Crippen molar-refractivity contribution in [2.24, 2.45) is 0 Å². The number of amides is 1. The maximum Gasteiger partial charge on any atom is 0.272 e. The van der Waals surface area contributed by atoms with E-state index in [1.165, 1.54) is 30.0 Å². The molecule has 3 heterocycles. The molecule has 0 fully saturated rings. The number of nitrogen functional groups attached to an aromatic ring is 1. The van der Waals surface area contributed by atoms with E-state index < -0.39 is 11.4 Å². The average Bonchev–Trinajstić information content (AvgIpc) is 3.34. The second-order valence-corrected chi connectivity index (χ2v) is 9.39. The Morgan fingerprint density at radius 3 is 2.61 bits per heavy atom. The van der Waals surface area contributed by atoms with Gasteiger partial charge in [0.15, 0.2) is 11.5 Å². The number of aromatic nitrogens is 5. The molecule has 0 saturated carbocycles. The van der Waals surface area contributed by atoms with Gasteiger partial charge in [-0.15, -0.1) is 17.9 Å². The zero-order valence-corrected chi connectivity index (χ0v) is 22.1. The average molecular weight is 522 g/mol. The van der Waals surface area contributed by atoms with E-state index in [1.807, 2.05) is 6.92 Å². The molecule has 0 unspecified atom stereocenters. The number of fused-ring (bicyclic) bond motifs is 3. The lowest BCUT2D eigenvalue weighted by Crippen LogP contribution is -2.35. The summed E-state index contributed by atoms with van der Waals surface area (Å²) in [7, 11) is 3.18. The molecule has 1 amide bonds. The highest BCUT2D eigenvalue weighted by atomic mass is 19.1. The number of anilines is 1. The second-order valence-electron chi connectivity index (χ2n) is 9.39. The van der Waals surface area contributed by atoms with Gasteiger partial charge < -0.3 is 20.5 Å². The molecule has 0 aliphatic rings. The summed E-state index contributed by atoms with van der Waals surface area (Å²) in [5.74, 6) is 0.279. The van der Waals surface area contributed by atoms with Gasteiger partial charge in [-0.25, -0.2) is 14.4 Å². The molecule has 0 aliphatic carbocycles. The van der Waals surface area contributed by atoms with Crippen LogP contribution >= 0.6 is 0 Å². The van der Waals surface area contributed by atoms with Gasteiger partial charge in [-0.3, -0.25) is 9.78 Å². The van der Waals surface area contributed by atoms with Crippen LogP contribution < -0.4 is 10.5 Å². The van der Waals surface area contributed by atoms with Crippen molar-refractivity contribution < 1.29 is 19.0 Å². The third-order valence-electron chi connectivity index (χ3n) is 6.29. The van der Waals surface area contributed by atoms with Crippen LogP contribution in [0.15, 0.2) is 30.5 Å². The number of aliphatic hydroxyl groups is 1. The summed E-state index contributed by atoms with van der Waals surface area (Å²) in [4.78, 5) is 27.6. The zero-order valence-electron chi connectivity index (χ0n) is 22.1. The molecule has 38 heavy (non-hydrogen) atoms. The number of pyridine rings is 1. The third-order valence-corrected chi connectivity index (χ3v) is 6.29. The highest BCUT2D eigenvalue weighted by Crippen LogP contribution is 2.29. The number of hydrogen-bond donors (Lipinski definition) is 2. The number of benzene rings is 1. The van der Waals surface area contributed by atoms with Crippen molar-refractivity contribution in [3.05, 3.63) is 53.4 Å². The molecular weight excluding hydrogens is 489 g/mol. The van der Waals surface area contributed by atoms with Gasteiger partial charge in [-0.05, 0) is 45.7 Å². The van der Waals surface area contributed by atoms with E-state index in [9.17, 15) is 14.3 Å². The Kier molecular flexibility index (Phi) is 8.48. The van der Waals surface area contributed by atoms with Crippen molar-refractivity contribution in [3.63, 3.8) is 0 Å². The summed E-state index contributed by atoms with van der Waals surface area (Å²) in [6.45, 7) is 5.30. The van der Waals surface area contributed by atoms with Gasteiger partial charge in [0.05, 0.1) is 18.1 Å². The van der Waals surface area contributed by atoms with Crippen LogP contribution in [0.2, 0.25) is 0 Å². The lowest BCUT2D eigenvalue weighted by molar-refractivity contribution is 0.0720. The molecule has 0 spiro atoms. The Morgan fingerprint density at radius 2 is 2.00 bits per heavy atom. The maximum absolute atomic E-state index is 14.1. The number of carbonyl (C=O) groups excluding carboxylic acids is 1. The Labute approximate surface area is 220 Å². The molecule has 200 valence electrons. The van der Waals surface area contributed by atoms with Crippen molar-refractivity contribution in [3.8, 4) is 18.6 Å². The minimum Gasteiger partial charge on any atom is -0.494 e. The number of terminal acetylenes is 1. The number of carbonyl (C=O) groups is 1. The van der Waals surface area contributed by atoms with Crippen LogP contribution in [0, 0.1) is 18.7 Å². The standard InChI is InChI=1S/C25H30FN7O3.C2H2/c1-14(32(4)23(34)18-10-9-15(13-28-18)25(2,3)35)7-6-8-20-29-22-17-11-16(26)12-19(36-5)21(17)30-24(27)33(22)31-20;1-2/h9-14,35H,6-8H2,1-5H3,(H2,27,30);1-2H/t14-;/m0./s1. The number of methoxy groups -OCH3 is 1. The molecule has 0 radical (unpaired) electrons. The predicted molar refractivity (Wildman–Crippen MR) is 143 cm³/mol. The molecule has 1 atom stereocenters. The molecule has 10 nitrogen and oxygen atoms in total. The molecule has 4 rings (SSSR count). The topological polar surface area (TPSA) is 132 Å². The van der Waals surface area contributed by atoms with Crippen LogP contribution in [0.4, 0.5) is 10.3 Å². The Hall–Kier alpha value is -4.30. The van der Waals surface area contributed by atoms with Crippen LogP contribution in [0.1, 0.15) is 55.5 Å². The van der Waals surface area contributed by atoms with Gasteiger partial charge in [-0.2, -0.15) is 4.52 Å². The molecule has 3 aromatic heterocycles. The number of hydrogen-bond acceptors (Lipinski definition) is 8. The van der Waals surface area contributed by atoms with Crippen molar-refractivity contribution in [1.29, 1.82) is 0 Å². The lowest BCUT2D eigenvalue weighted by atomic mass is 10.0. The number of nitrogens with zero attached hydrogens (tertiary/aromatic N) is 6. The SMILES string of the molecule is C#C.COc1cc(F)cc2c1nc(N)n1nc(CCC[C@H](C)N(C)C(=O)c3ccc(C(C)(C)O)cn3)nc21. The first-order valence-corrected chi connectivity index (χ1v) is 12.0. The highest BCUT2D eigenvalue weighted by molar-refractivity contribution is 5.96. The molecule has 1 aromatic carbocycles. The summed E-state index contributed by atoms with van der Waals surface area (Å²) < 4.78 is 20.7. The second kappa shape index (κ2) is 11.4. The monoisotopic (exact) mass is 521 g/mol. The van der Waals surface area contributed by atoms with E-state index in [4.69, 9.17) is 10.5 Å². The van der Waals surface area contributed by atoms with Crippen LogP contribution in [0.5, 0.6) is 5.75 Å². The molecule has 3 N–H and O–H groups in total. The van der Waals surface area contributed by atoms with E-state index in [0.717, 1.165) is 0 Å². The number of rotatable bonds is 8. The largest absolute Gasteiger partial charge is 0.494 e.